The van der Waals surface area contributed by atoms with E-state index in [1.54, 1.807) is 6.07 Å². The topological polar surface area (TPSA) is 119 Å². The molecule has 7 nitrogen and oxygen atoms in total. The van der Waals surface area contributed by atoms with E-state index in [-0.39, 0.29) is 21.5 Å². The molecule has 0 amide bonds. The van der Waals surface area contributed by atoms with Gasteiger partial charge >= 0.3 is 13.1 Å². The number of anilines is 1. The fourth-order valence-corrected chi connectivity index (χ4v) is 4.28. The van der Waals surface area contributed by atoms with Crippen LogP contribution in [-0.4, -0.2) is 38.6 Å². The quantitative estimate of drug-likeness (QED) is 0.709. The predicted molar refractivity (Wildman–Crippen MR) is 84.7 cm³/mol. The second-order valence-corrected chi connectivity index (χ2v) is 7.39. The van der Waals surface area contributed by atoms with Crippen LogP contribution in [0.15, 0.2) is 16.5 Å². The van der Waals surface area contributed by atoms with Gasteiger partial charge in [-0.3, -0.25) is 0 Å². The predicted octanol–water partition coefficient (Wildman–Crippen LogP) is 1.59. The van der Waals surface area contributed by atoms with Crippen molar-refractivity contribution in [1.82, 2.24) is 10.2 Å². The Kier molecular flexibility index (Phi) is 4.17. The summed E-state index contributed by atoms with van der Waals surface area (Å²) in [5, 5.41) is 27.0. The summed E-state index contributed by atoms with van der Waals surface area (Å²) >= 11 is 8.39. The first-order chi connectivity index (χ1) is 10.5. The van der Waals surface area contributed by atoms with Crippen LogP contribution in [0.4, 0.5) is 5.13 Å². The van der Waals surface area contributed by atoms with Gasteiger partial charge < -0.3 is 20.5 Å². The van der Waals surface area contributed by atoms with Crippen LogP contribution in [0.5, 0.6) is 5.75 Å². The van der Waals surface area contributed by atoms with Crippen molar-refractivity contribution >= 4 is 52.9 Å². The fraction of sp³-hybridized carbons (Fsp3) is 0.182. The van der Waals surface area contributed by atoms with E-state index < -0.39 is 13.1 Å². The lowest BCUT2D eigenvalue weighted by Crippen LogP contribution is -2.40. The lowest BCUT2D eigenvalue weighted by Gasteiger charge is -2.27. The van der Waals surface area contributed by atoms with Crippen molar-refractivity contribution in [3.05, 3.63) is 28.3 Å². The highest BCUT2D eigenvalue weighted by atomic mass is 35.5. The van der Waals surface area contributed by atoms with Gasteiger partial charge in [0.15, 0.2) is 4.34 Å². The number of nitrogen functional groups attached to an aromatic ring is 1. The number of fused-ring (bicyclic) bond motifs is 1. The van der Waals surface area contributed by atoms with Crippen LogP contribution in [0.1, 0.15) is 15.9 Å². The van der Waals surface area contributed by atoms with Gasteiger partial charge in [0.25, 0.3) is 0 Å². The molecule has 11 heteroatoms. The number of nitrogens with zero attached hydrogens (tertiary/aromatic N) is 2. The van der Waals surface area contributed by atoms with Crippen LogP contribution < -0.4 is 10.4 Å². The molecule has 0 saturated carbocycles. The molecule has 0 unspecified atom stereocenters. The summed E-state index contributed by atoms with van der Waals surface area (Å²) in [5.74, 6) is -1.09. The maximum absolute atomic E-state index is 11.3. The van der Waals surface area contributed by atoms with Gasteiger partial charge in [0.1, 0.15) is 11.3 Å². The molecule has 1 aromatic carbocycles. The lowest BCUT2D eigenvalue weighted by atomic mass is 9.77. The molecule has 4 N–H and O–H groups in total. The highest BCUT2D eigenvalue weighted by Crippen LogP contribution is 2.39. The molecule has 3 rings (SSSR count). The first kappa shape index (κ1) is 15.4. The number of benzene rings is 1. The largest absolute Gasteiger partial charge is 0.537 e. The van der Waals surface area contributed by atoms with Gasteiger partial charge in [-0.15, -0.1) is 10.2 Å². The zero-order valence-electron chi connectivity index (χ0n) is 10.9. The van der Waals surface area contributed by atoms with Crippen LogP contribution in [0.2, 0.25) is 5.02 Å². The van der Waals surface area contributed by atoms with E-state index >= 15 is 0 Å². The number of aromatic nitrogens is 2. The molecule has 0 bridgehead atoms. The molecular weight excluding hydrogens is 349 g/mol. The van der Waals surface area contributed by atoms with E-state index in [9.17, 15) is 14.9 Å². The number of halogens is 1. The van der Waals surface area contributed by atoms with Crippen LogP contribution >= 0.6 is 34.7 Å². The third-order valence-electron chi connectivity index (χ3n) is 3.05. The third-order valence-corrected chi connectivity index (χ3v) is 5.44. The van der Waals surface area contributed by atoms with Crippen molar-refractivity contribution in [3.8, 4) is 5.75 Å². The minimum absolute atomic E-state index is 0.0708. The molecule has 0 aliphatic carbocycles. The normalized spacial score (nSPS) is 17.0. The van der Waals surface area contributed by atoms with E-state index in [1.165, 1.54) is 29.2 Å². The first-order valence-corrected chi connectivity index (χ1v) is 8.18. The third kappa shape index (κ3) is 2.87. The summed E-state index contributed by atoms with van der Waals surface area (Å²) in [4.78, 5) is 11.3. The molecule has 1 atom stereocenters. The lowest BCUT2D eigenvalue weighted by molar-refractivity contribution is 0.0694. The van der Waals surface area contributed by atoms with Crippen LogP contribution in [0, 0.1) is 0 Å². The van der Waals surface area contributed by atoms with Crippen molar-refractivity contribution in [1.29, 1.82) is 0 Å². The monoisotopic (exact) mass is 357 g/mol. The summed E-state index contributed by atoms with van der Waals surface area (Å²) in [5.41, 5.74) is 6.05. The van der Waals surface area contributed by atoms with Crippen molar-refractivity contribution < 1.29 is 19.6 Å². The summed E-state index contributed by atoms with van der Waals surface area (Å²) in [6, 6.07) is 3.20. The van der Waals surface area contributed by atoms with E-state index in [0.717, 1.165) is 0 Å². The average Bonchev–Trinajstić information content (AvgIpc) is 2.85. The second-order valence-electron chi connectivity index (χ2n) is 4.49. The number of carboxylic acids is 1. The highest BCUT2D eigenvalue weighted by Gasteiger charge is 2.38. The molecule has 2 aromatic rings. The van der Waals surface area contributed by atoms with E-state index in [4.69, 9.17) is 22.0 Å². The van der Waals surface area contributed by atoms with Gasteiger partial charge in [-0.2, -0.15) is 0 Å². The Labute approximate surface area is 138 Å². The molecule has 0 fully saturated rings. The first-order valence-electron chi connectivity index (χ1n) is 6.10. The van der Waals surface area contributed by atoms with Crippen LogP contribution in [0.3, 0.4) is 0 Å². The Balaban J connectivity index is 1.89. The Morgan fingerprint density at radius 2 is 2.32 bits per heavy atom. The highest BCUT2D eigenvalue weighted by molar-refractivity contribution is 8.02. The van der Waals surface area contributed by atoms with Gasteiger partial charge in [-0.1, -0.05) is 40.8 Å². The number of aromatic carboxylic acids is 1. The minimum atomic E-state index is -1.20. The molecular formula is C11H9BClN3O4S2. The van der Waals surface area contributed by atoms with Gasteiger partial charge in [-0.05, 0) is 18.1 Å². The molecule has 114 valence electrons. The van der Waals surface area contributed by atoms with E-state index in [1.807, 2.05) is 0 Å². The fourth-order valence-electron chi connectivity index (χ4n) is 2.11. The summed E-state index contributed by atoms with van der Waals surface area (Å²) < 4.78 is 6.00. The van der Waals surface area contributed by atoms with E-state index in [2.05, 4.69) is 10.2 Å². The minimum Gasteiger partial charge on any atom is -0.535 e. The maximum atomic E-state index is 11.3. The van der Waals surface area contributed by atoms with E-state index in [0.29, 0.717) is 21.5 Å². The van der Waals surface area contributed by atoms with Crippen molar-refractivity contribution in [3.63, 3.8) is 0 Å². The van der Waals surface area contributed by atoms with Gasteiger partial charge in [0.2, 0.25) is 5.13 Å². The molecule has 0 radical (unpaired) electrons. The van der Waals surface area contributed by atoms with Gasteiger partial charge in [0, 0.05) is 0 Å². The van der Waals surface area contributed by atoms with Crippen LogP contribution in [-0.2, 0) is 6.42 Å². The number of hydrogen-bond donors (Lipinski definition) is 3. The molecule has 0 spiro atoms. The maximum Gasteiger partial charge on any atom is 0.537 e. The van der Waals surface area contributed by atoms with Gasteiger partial charge in [0.05, 0.1) is 10.2 Å². The van der Waals surface area contributed by atoms with Crippen molar-refractivity contribution in [2.75, 3.05) is 5.73 Å². The summed E-state index contributed by atoms with van der Waals surface area (Å²) in [6.07, 6.45) is 0.415. The Hall–Kier alpha value is -1.49. The Morgan fingerprint density at radius 3 is 2.95 bits per heavy atom. The number of carboxylic acid groups (broad SMARTS) is 1. The van der Waals surface area contributed by atoms with Gasteiger partial charge in [-0.25, -0.2) is 4.79 Å². The SMILES string of the molecule is Nc1nnc(S[C@H]2Cc3ccc(Cl)c(C(=O)O)c3OB2O)s1. The smallest absolute Gasteiger partial charge is 0.535 e. The Morgan fingerprint density at radius 1 is 1.55 bits per heavy atom. The average molecular weight is 358 g/mol. The number of thioether (sulfide) groups is 1. The molecule has 2 heterocycles. The molecule has 0 saturated heterocycles. The molecule has 1 aliphatic rings. The summed E-state index contributed by atoms with van der Waals surface area (Å²) in [7, 11) is -1.18. The Bertz CT molecular complexity index is 744. The zero-order chi connectivity index (χ0) is 15.9. The molecule has 1 aliphatic heterocycles. The number of carbonyl (C=O) groups is 1. The second kappa shape index (κ2) is 5.96. The summed E-state index contributed by atoms with van der Waals surface area (Å²) in [6.45, 7) is 0. The zero-order valence-corrected chi connectivity index (χ0v) is 13.3. The van der Waals surface area contributed by atoms with Crippen LogP contribution in [0.25, 0.3) is 0 Å². The number of rotatable bonds is 3. The van der Waals surface area contributed by atoms with Crippen molar-refractivity contribution in [2.24, 2.45) is 0 Å². The molecule has 22 heavy (non-hydrogen) atoms. The van der Waals surface area contributed by atoms with Crippen molar-refractivity contribution in [2.45, 2.75) is 15.9 Å². The molecule has 1 aromatic heterocycles. The standard InChI is InChI=1S/C11H9BClN3O4S2/c13-5-2-1-4-3-6(21-11-16-15-10(14)22-11)12(19)20-8(4)7(5)9(17)18/h1-2,6,19H,3H2,(H2,14,15)(H,17,18)/t6-/m0/s1. The number of hydrogen-bond acceptors (Lipinski definition) is 8. The number of nitrogens with two attached hydrogens (primary N) is 1.